The number of carbonyl (C=O) groups excluding carboxylic acids is 3. The summed E-state index contributed by atoms with van der Waals surface area (Å²) in [5.74, 6) is -0.187. The number of likely N-dealkylation sites (tertiary alicyclic amines) is 1. The molecule has 0 saturated carbocycles. The van der Waals surface area contributed by atoms with Crippen LogP contribution in [0.25, 0.3) is 0 Å². The molecule has 0 aliphatic carbocycles. The van der Waals surface area contributed by atoms with Gasteiger partial charge in [-0.15, -0.1) is 0 Å². The molecule has 3 aliphatic heterocycles. The van der Waals surface area contributed by atoms with Gasteiger partial charge in [-0.25, -0.2) is 0 Å². The van der Waals surface area contributed by atoms with Crippen molar-refractivity contribution in [3.05, 3.63) is 29.8 Å². The zero-order chi connectivity index (χ0) is 25.1. The quantitative estimate of drug-likeness (QED) is 0.609. The summed E-state index contributed by atoms with van der Waals surface area (Å²) >= 11 is 0. The Labute approximate surface area is 209 Å². The van der Waals surface area contributed by atoms with Gasteiger partial charge in [0.25, 0.3) is 5.91 Å². The van der Waals surface area contributed by atoms with Gasteiger partial charge in [0.1, 0.15) is 18.7 Å². The Morgan fingerprint density at radius 1 is 1.11 bits per heavy atom. The fraction of sp³-hybridized carbons (Fsp3) is 0.667. The van der Waals surface area contributed by atoms with E-state index < -0.39 is 12.1 Å². The standard InChI is InChI=1S/C27H40N4O4/c1-5-10-29-11-13-30(14-12-29)21-8-6-20(7-9-21)26(33)28-22(15-18(2)3)27(34)31-16-19(4)25-24(31)23(32)17-35-25/h6-9,18-19,22,24-25H,5,10-17H2,1-4H3,(H,28,33)/t19-,22?,24-,25-/m1/s1. The van der Waals surface area contributed by atoms with E-state index in [2.05, 4.69) is 22.0 Å². The van der Waals surface area contributed by atoms with Crippen molar-refractivity contribution >= 4 is 23.3 Å². The van der Waals surface area contributed by atoms with Crippen molar-refractivity contribution in [2.75, 3.05) is 50.8 Å². The Bertz CT molecular complexity index is 910. The molecular weight excluding hydrogens is 444 g/mol. The Morgan fingerprint density at radius 2 is 1.80 bits per heavy atom. The lowest BCUT2D eigenvalue weighted by molar-refractivity contribution is -0.138. The molecule has 3 heterocycles. The van der Waals surface area contributed by atoms with Crippen LogP contribution in [0, 0.1) is 11.8 Å². The predicted molar refractivity (Wildman–Crippen MR) is 136 cm³/mol. The SMILES string of the molecule is CCCN1CCN(c2ccc(C(=O)NC(CC(C)C)C(=O)N3C[C@@H](C)[C@H]4OCC(=O)[C@H]43)cc2)CC1. The highest BCUT2D eigenvalue weighted by molar-refractivity contribution is 5.99. The number of ether oxygens (including phenoxy) is 1. The van der Waals surface area contributed by atoms with Gasteiger partial charge in [0.15, 0.2) is 5.78 Å². The highest BCUT2D eigenvalue weighted by Gasteiger charge is 2.51. The number of nitrogens with one attached hydrogen (secondary N) is 1. The molecule has 8 heteroatoms. The maximum absolute atomic E-state index is 13.5. The van der Waals surface area contributed by atoms with E-state index in [9.17, 15) is 14.4 Å². The molecule has 2 amide bonds. The lowest BCUT2D eigenvalue weighted by atomic mass is 10.0. The van der Waals surface area contributed by atoms with Crippen LogP contribution in [-0.4, -0.2) is 91.5 Å². The van der Waals surface area contributed by atoms with E-state index >= 15 is 0 Å². The van der Waals surface area contributed by atoms with Crippen LogP contribution in [0.2, 0.25) is 0 Å². The van der Waals surface area contributed by atoms with Crippen molar-refractivity contribution in [3.8, 4) is 0 Å². The summed E-state index contributed by atoms with van der Waals surface area (Å²) in [5.41, 5.74) is 1.65. The van der Waals surface area contributed by atoms with Crippen molar-refractivity contribution in [3.63, 3.8) is 0 Å². The number of nitrogens with zero attached hydrogens (tertiary/aromatic N) is 3. The van der Waals surface area contributed by atoms with Crippen molar-refractivity contribution < 1.29 is 19.1 Å². The summed E-state index contributed by atoms with van der Waals surface area (Å²) in [6.45, 7) is 14.0. The minimum atomic E-state index is -0.673. The average molecular weight is 485 g/mol. The Morgan fingerprint density at radius 3 is 2.43 bits per heavy atom. The highest BCUT2D eigenvalue weighted by atomic mass is 16.5. The molecule has 35 heavy (non-hydrogen) atoms. The second kappa shape index (κ2) is 11.1. The number of piperazine rings is 1. The topological polar surface area (TPSA) is 82.2 Å². The van der Waals surface area contributed by atoms with Gasteiger partial charge in [-0.05, 0) is 49.6 Å². The zero-order valence-electron chi connectivity index (χ0n) is 21.5. The van der Waals surface area contributed by atoms with E-state index in [1.54, 1.807) is 4.90 Å². The van der Waals surface area contributed by atoms with E-state index in [0.29, 0.717) is 18.5 Å². The van der Waals surface area contributed by atoms with Gasteiger partial charge in [0.05, 0.1) is 6.10 Å². The molecule has 3 fully saturated rings. The van der Waals surface area contributed by atoms with Crippen LogP contribution < -0.4 is 10.2 Å². The van der Waals surface area contributed by atoms with Crippen LogP contribution in [0.4, 0.5) is 5.69 Å². The monoisotopic (exact) mass is 484 g/mol. The minimum absolute atomic E-state index is 0.0477. The third kappa shape index (κ3) is 5.70. The van der Waals surface area contributed by atoms with Gasteiger partial charge in [-0.1, -0.05) is 27.7 Å². The number of amides is 2. The van der Waals surface area contributed by atoms with E-state index in [4.69, 9.17) is 4.74 Å². The summed E-state index contributed by atoms with van der Waals surface area (Å²) in [6, 6.07) is 6.45. The number of ketones is 1. The molecule has 1 aromatic carbocycles. The molecule has 4 atom stereocenters. The lowest BCUT2D eigenvalue weighted by Crippen LogP contribution is -2.52. The summed E-state index contributed by atoms with van der Waals surface area (Å²) in [5, 5.41) is 2.97. The fourth-order valence-electron chi connectivity index (χ4n) is 5.62. The summed E-state index contributed by atoms with van der Waals surface area (Å²) in [7, 11) is 0. The first kappa shape index (κ1) is 25.6. The van der Waals surface area contributed by atoms with Crippen molar-refractivity contribution in [1.82, 2.24) is 15.1 Å². The predicted octanol–water partition coefficient (Wildman–Crippen LogP) is 2.18. The second-order valence-corrected chi connectivity index (χ2v) is 10.7. The van der Waals surface area contributed by atoms with Crippen molar-refractivity contribution in [2.45, 2.75) is 58.7 Å². The lowest BCUT2D eigenvalue weighted by Gasteiger charge is -2.36. The molecule has 1 N–H and O–H groups in total. The number of rotatable bonds is 8. The second-order valence-electron chi connectivity index (χ2n) is 10.7. The summed E-state index contributed by atoms with van der Waals surface area (Å²) in [6.07, 6.45) is 1.45. The van der Waals surface area contributed by atoms with Gasteiger partial charge in [0, 0.05) is 49.9 Å². The van der Waals surface area contributed by atoms with E-state index in [1.807, 2.05) is 45.0 Å². The molecule has 1 aromatic rings. The number of fused-ring (bicyclic) bond motifs is 1. The van der Waals surface area contributed by atoms with E-state index in [1.165, 1.54) is 6.42 Å². The summed E-state index contributed by atoms with van der Waals surface area (Å²) in [4.78, 5) is 45.5. The van der Waals surface area contributed by atoms with Crippen LogP contribution in [0.1, 0.15) is 50.9 Å². The van der Waals surface area contributed by atoms with Gasteiger partial charge in [-0.3, -0.25) is 19.3 Å². The van der Waals surface area contributed by atoms with Crippen LogP contribution in [0.5, 0.6) is 0 Å². The molecule has 192 valence electrons. The average Bonchev–Trinajstić information content (AvgIpc) is 3.39. The fourth-order valence-corrected chi connectivity index (χ4v) is 5.62. The molecule has 1 unspecified atom stereocenters. The minimum Gasteiger partial charge on any atom is -0.369 e. The van der Waals surface area contributed by atoms with Gasteiger partial charge in [0.2, 0.25) is 5.91 Å². The van der Waals surface area contributed by atoms with E-state index in [0.717, 1.165) is 38.4 Å². The van der Waals surface area contributed by atoms with Crippen molar-refractivity contribution in [1.29, 1.82) is 0 Å². The first-order valence-electron chi connectivity index (χ1n) is 13.1. The first-order chi connectivity index (χ1) is 16.8. The number of Topliss-reactive ketones (excluding diaryl/α,β-unsaturated/α-hetero) is 1. The van der Waals surface area contributed by atoms with Gasteiger partial charge in [-0.2, -0.15) is 0 Å². The molecule has 8 nitrogen and oxygen atoms in total. The number of hydrogen-bond donors (Lipinski definition) is 1. The maximum Gasteiger partial charge on any atom is 0.251 e. The molecule has 0 spiro atoms. The molecule has 0 bridgehead atoms. The maximum atomic E-state index is 13.5. The molecular formula is C27H40N4O4. The first-order valence-corrected chi connectivity index (χ1v) is 13.1. The molecule has 3 saturated heterocycles. The number of hydrogen-bond acceptors (Lipinski definition) is 6. The van der Waals surface area contributed by atoms with Crippen LogP contribution >= 0.6 is 0 Å². The van der Waals surface area contributed by atoms with E-state index in [-0.39, 0.29) is 42.1 Å². The largest absolute Gasteiger partial charge is 0.369 e. The molecule has 0 aromatic heterocycles. The molecule has 4 rings (SSSR count). The van der Waals surface area contributed by atoms with Crippen molar-refractivity contribution in [2.24, 2.45) is 11.8 Å². The molecule has 0 radical (unpaired) electrons. The highest BCUT2D eigenvalue weighted by Crippen LogP contribution is 2.32. The Balaban J connectivity index is 1.40. The Hall–Kier alpha value is -2.45. The third-order valence-electron chi connectivity index (χ3n) is 7.44. The third-order valence-corrected chi connectivity index (χ3v) is 7.44. The smallest absolute Gasteiger partial charge is 0.251 e. The van der Waals surface area contributed by atoms with Gasteiger partial charge < -0.3 is 19.9 Å². The number of anilines is 1. The normalized spacial score (nSPS) is 25.7. The van der Waals surface area contributed by atoms with Crippen LogP contribution in [0.3, 0.4) is 0 Å². The van der Waals surface area contributed by atoms with Crippen LogP contribution in [0.15, 0.2) is 24.3 Å². The van der Waals surface area contributed by atoms with Gasteiger partial charge >= 0.3 is 0 Å². The Kier molecular flexibility index (Phi) is 8.12. The van der Waals surface area contributed by atoms with Crippen LogP contribution in [-0.2, 0) is 14.3 Å². The number of carbonyl (C=O) groups is 3. The zero-order valence-corrected chi connectivity index (χ0v) is 21.5. The number of benzene rings is 1. The molecule has 3 aliphatic rings. The summed E-state index contributed by atoms with van der Waals surface area (Å²) < 4.78 is 5.63.